The zero-order chi connectivity index (χ0) is 17.6. The summed E-state index contributed by atoms with van der Waals surface area (Å²) >= 11 is 0. The molecule has 0 aliphatic carbocycles. The topological polar surface area (TPSA) is 57.7 Å². The zero-order valence-corrected chi connectivity index (χ0v) is 15.5. The summed E-state index contributed by atoms with van der Waals surface area (Å²) in [5, 5.41) is 0. The minimum Gasteiger partial charge on any atom is -0.339 e. The molecule has 0 unspecified atom stereocenters. The first kappa shape index (κ1) is 18.9. The molecule has 0 saturated carbocycles. The van der Waals surface area contributed by atoms with E-state index in [0.29, 0.717) is 12.1 Å². The maximum atomic E-state index is 12.7. The number of hydrogen-bond acceptors (Lipinski definition) is 3. The predicted octanol–water partition coefficient (Wildman–Crippen LogP) is 3.12. The van der Waals surface area contributed by atoms with Crippen LogP contribution in [-0.4, -0.2) is 50.2 Å². The van der Waals surface area contributed by atoms with E-state index < -0.39 is 10.0 Å². The molecule has 24 heavy (non-hydrogen) atoms. The van der Waals surface area contributed by atoms with Crippen LogP contribution in [0.15, 0.2) is 29.2 Å². The molecular formula is C18H28N2O3S. The van der Waals surface area contributed by atoms with E-state index in [0.717, 1.165) is 51.6 Å². The van der Waals surface area contributed by atoms with Gasteiger partial charge < -0.3 is 4.90 Å². The Bertz CT molecular complexity index is 650. The average Bonchev–Trinajstić information content (AvgIpc) is 2.88. The summed E-state index contributed by atoms with van der Waals surface area (Å²) in [7, 11) is -1.95. The first-order valence-electron chi connectivity index (χ1n) is 8.82. The van der Waals surface area contributed by atoms with Crippen LogP contribution in [0.1, 0.15) is 55.8 Å². The Labute approximate surface area is 145 Å². The van der Waals surface area contributed by atoms with Gasteiger partial charge in [-0.25, -0.2) is 12.7 Å². The summed E-state index contributed by atoms with van der Waals surface area (Å²) in [4.78, 5) is 14.7. The molecule has 1 heterocycles. The highest BCUT2D eigenvalue weighted by molar-refractivity contribution is 7.89. The van der Waals surface area contributed by atoms with Crippen molar-refractivity contribution >= 4 is 15.9 Å². The van der Waals surface area contributed by atoms with E-state index in [9.17, 15) is 13.2 Å². The van der Waals surface area contributed by atoms with Crippen molar-refractivity contribution in [3.8, 4) is 0 Å². The van der Waals surface area contributed by atoms with Crippen molar-refractivity contribution in [3.05, 3.63) is 29.8 Å². The number of likely N-dealkylation sites (tertiary alicyclic amines) is 1. The lowest BCUT2D eigenvalue weighted by atomic mass is 10.2. The summed E-state index contributed by atoms with van der Waals surface area (Å²) in [5.74, 6) is -0.0647. The van der Waals surface area contributed by atoms with Gasteiger partial charge >= 0.3 is 0 Å². The van der Waals surface area contributed by atoms with Gasteiger partial charge in [0.1, 0.15) is 0 Å². The first-order valence-corrected chi connectivity index (χ1v) is 10.3. The minimum atomic E-state index is -3.54. The maximum absolute atomic E-state index is 12.7. The summed E-state index contributed by atoms with van der Waals surface area (Å²) in [5.41, 5.74) is 0.460. The summed E-state index contributed by atoms with van der Waals surface area (Å²) in [6.45, 7) is 4.03. The van der Waals surface area contributed by atoms with Crippen LogP contribution in [0.4, 0.5) is 0 Å². The van der Waals surface area contributed by atoms with Gasteiger partial charge in [-0.1, -0.05) is 32.3 Å². The Balaban J connectivity index is 2.20. The van der Waals surface area contributed by atoms with E-state index in [2.05, 4.69) is 0 Å². The van der Waals surface area contributed by atoms with Crippen LogP contribution < -0.4 is 0 Å². The third-order valence-corrected chi connectivity index (χ3v) is 6.36. The second kappa shape index (κ2) is 8.62. The van der Waals surface area contributed by atoms with Crippen molar-refractivity contribution in [1.82, 2.24) is 9.21 Å². The van der Waals surface area contributed by atoms with Crippen LogP contribution in [-0.2, 0) is 10.0 Å². The standard InChI is InChI=1S/C18H28N2O3S/c1-3-4-12-19(2)24(22,23)17-11-9-10-16(15-17)18(21)20-13-7-5-6-8-14-20/h9-11,15H,3-8,12-14H2,1-2H3. The molecule has 134 valence electrons. The molecule has 1 amide bonds. The predicted molar refractivity (Wildman–Crippen MR) is 95.5 cm³/mol. The Morgan fingerprint density at radius 2 is 1.83 bits per heavy atom. The minimum absolute atomic E-state index is 0.0647. The molecule has 0 radical (unpaired) electrons. The van der Waals surface area contributed by atoms with Crippen LogP contribution in [0.3, 0.4) is 0 Å². The fourth-order valence-corrected chi connectivity index (χ4v) is 4.18. The number of hydrogen-bond donors (Lipinski definition) is 0. The van der Waals surface area contributed by atoms with Crippen LogP contribution in [0.5, 0.6) is 0 Å². The fourth-order valence-electron chi connectivity index (χ4n) is 2.93. The van der Waals surface area contributed by atoms with E-state index in [1.165, 1.54) is 10.4 Å². The molecule has 2 rings (SSSR count). The van der Waals surface area contributed by atoms with Crippen molar-refractivity contribution in [2.75, 3.05) is 26.7 Å². The van der Waals surface area contributed by atoms with Gasteiger partial charge in [0.2, 0.25) is 10.0 Å². The monoisotopic (exact) mass is 352 g/mol. The smallest absolute Gasteiger partial charge is 0.253 e. The lowest BCUT2D eigenvalue weighted by Gasteiger charge is -2.21. The van der Waals surface area contributed by atoms with Crippen LogP contribution >= 0.6 is 0 Å². The molecule has 5 nitrogen and oxygen atoms in total. The molecule has 1 aliphatic heterocycles. The molecule has 1 saturated heterocycles. The highest BCUT2D eigenvalue weighted by Gasteiger charge is 2.23. The number of amides is 1. The van der Waals surface area contributed by atoms with Gasteiger partial charge in [-0.3, -0.25) is 4.79 Å². The number of unbranched alkanes of at least 4 members (excludes halogenated alkanes) is 1. The summed E-state index contributed by atoms with van der Waals surface area (Å²) < 4.78 is 26.7. The number of sulfonamides is 1. The van der Waals surface area contributed by atoms with Crippen LogP contribution in [0.2, 0.25) is 0 Å². The van der Waals surface area contributed by atoms with Gasteiger partial charge in [-0.2, -0.15) is 0 Å². The van der Waals surface area contributed by atoms with Gasteiger partial charge in [0, 0.05) is 32.2 Å². The summed E-state index contributed by atoms with van der Waals surface area (Å²) in [6, 6.07) is 6.45. The van der Waals surface area contributed by atoms with Crippen molar-refractivity contribution in [2.24, 2.45) is 0 Å². The van der Waals surface area contributed by atoms with Crippen molar-refractivity contribution in [1.29, 1.82) is 0 Å². The number of carbonyl (C=O) groups excluding carboxylic acids is 1. The molecule has 0 spiro atoms. The van der Waals surface area contributed by atoms with E-state index in [1.807, 2.05) is 11.8 Å². The fraction of sp³-hybridized carbons (Fsp3) is 0.611. The SMILES string of the molecule is CCCCN(C)S(=O)(=O)c1cccc(C(=O)N2CCCCCC2)c1. The average molecular weight is 353 g/mol. The van der Waals surface area contributed by atoms with Crippen molar-refractivity contribution in [3.63, 3.8) is 0 Å². The first-order chi connectivity index (χ1) is 11.5. The highest BCUT2D eigenvalue weighted by Crippen LogP contribution is 2.19. The molecule has 1 aromatic rings. The third-order valence-electron chi connectivity index (χ3n) is 4.51. The molecule has 6 heteroatoms. The van der Waals surface area contributed by atoms with Gasteiger partial charge in [-0.05, 0) is 37.5 Å². The Morgan fingerprint density at radius 1 is 1.17 bits per heavy atom. The number of carbonyl (C=O) groups is 1. The quantitative estimate of drug-likeness (QED) is 0.790. The number of rotatable bonds is 6. The van der Waals surface area contributed by atoms with E-state index in [4.69, 9.17) is 0 Å². The van der Waals surface area contributed by atoms with Gasteiger partial charge in [0.15, 0.2) is 0 Å². The third kappa shape index (κ3) is 4.57. The van der Waals surface area contributed by atoms with E-state index >= 15 is 0 Å². The molecule has 1 aromatic carbocycles. The van der Waals surface area contributed by atoms with Crippen LogP contribution in [0, 0.1) is 0 Å². The van der Waals surface area contributed by atoms with E-state index in [1.54, 1.807) is 25.2 Å². The molecule has 0 atom stereocenters. The summed E-state index contributed by atoms with van der Waals surface area (Å²) in [6.07, 6.45) is 6.10. The van der Waals surface area contributed by atoms with Gasteiger partial charge in [0.05, 0.1) is 4.90 Å². The number of nitrogens with zero attached hydrogens (tertiary/aromatic N) is 2. The molecule has 0 aromatic heterocycles. The number of benzene rings is 1. The van der Waals surface area contributed by atoms with Crippen molar-refractivity contribution in [2.45, 2.75) is 50.3 Å². The zero-order valence-electron chi connectivity index (χ0n) is 14.7. The Morgan fingerprint density at radius 3 is 2.46 bits per heavy atom. The normalized spacial score (nSPS) is 16.2. The maximum Gasteiger partial charge on any atom is 0.253 e. The molecular weight excluding hydrogens is 324 g/mol. The molecule has 1 aliphatic rings. The van der Waals surface area contributed by atoms with Crippen molar-refractivity contribution < 1.29 is 13.2 Å². The lowest BCUT2D eigenvalue weighted by Crippen LogP contribution is -2.32. The van der Waals surface area contributed by atoms with Gasteiger partial charge in [-0.15, -0.1) is 0 Å². The second-order valence-corrected chi connectivity index (χ2v) is 8.46. The molecule has 1 fully saturated rings. The second-order valence-electron chi connectivity index (χ2n) is 6.41. The molecule has 0 bridgehead atoms. The van der Waals surface area contributed by atoms with E-state index in [-0.39, 0.29) is 10.8 Å². The molecule has 0 N–H and O–H groups in total. The largest absolute Gasteiger partial charge is 0.339 e. The Kier molecular flexibility index (Phi) is 6.80. The lowest BCUT2D eigenvalue weighted by molar-refractivity contribution is 0.0761. The van der Waals surface area contributed by atoms with Crippen LogP contribution in [0.25, 0.3) is 0 Å². The highest BCUT2D eigenvalue weighted by atomic mass is 32.2. The Hall–Kier alpha value is -1.40. The van der Waals surface area contributed by atoms with Gasteiger partial charge in [0.25, 0.3) is 5.91 Å².